The van der Waals surface area contributed by atoms with Gasteiger partial charge in [-0.05, 0) is 50.8 Å². The molecule has 1 amide bonds. The molecule has 0 saturated carbocycles. The third-order valence-corrected chi connectivity index (χ3v) is 3.53. The fourth-order valence-corrected chi connectivity index (χ4v) is 2.28. The van der Waals surface area contributed by atoms with Crippen molar-refractivity contribution in [3.63, 3.8) is 0 Å². The fraction of sp³-hybridized carbons (Fsp3) is 0.600. The third kappa shape index (κ3) is 5.99. The van der Waals surface area contributed by atoms with Crippen LogP contribution in [0.2, 0.25) is 0 Å². The smallest absolute Gasteiger partial charge is 0.239 e. The van der Waals surface area contributed by atoms with Gasteiger partial charge in [0.05, 0.1) is 5.54 Å². The van der Waals surface area contributed by atoms with Crippen LogP contribution >= 0.6 is 24.8 Å². The minimum absolute atomic E-state index is 0. The molecule has 1 aliphatic rings. The van der Waals surface area contributed by atoms with Crippen LogP contribution in [0.25, 0.3) is 0 Å². The van der Waals surface area contributed by atoms with E-state index in [1.54, 1.807) is 20.0 Å². The van der Waals surface area contributed by atoms with Crippen molar-refractivity contribution in [2.45, 2.75) is 45.2 Å². The lowest BCUT2D eigenvalue weighted by Gasteiger charge is -2.28. The fourth-order valence-electron chi connectivity index (χ4n) is 2.28. The van der Waals surface area contributed by atoms with E-state index in [-0.39, 0.29) is 30.7 Å². The number of amides is 1. The second-order valence-corrected chi connectivity index (χ2v) is 5.97. The number of halogens is 2. The first-order valence-electron chi connectivity index (χ1n) is 7.24. The molecule has 1 fully saturated rings. The highest BCUT2D eigenvalue weighted by atomic mass is 35.5. The van der Waals surface area contributed by atoms with Crippen molar-refractivity contribution in [1.29, 1.82) is 0 Å². The van der Waals surface area contributed by atoms with Crippen molar-refractivity contribution < 1.29 is 4.79 Å². The topological polar surface area (TPSA) is 71.2 Å². The number of nitrogens with one attached hydrogen (secondary N) is 1. The van der Waals surface area contributed by atoms with Gasteiger partial charge in [-0.15, -0.1) is 24.8 Å². The molecule has 1 aliphatic heterocycles. The van der Waals surface area contributed by atoms with E-state index in [0.717, 1.165) is 24.5 Å². The molecule has 2 rings (SSSR count). The first kappa shape index (κ1) is 21.0. The summed E-state index contributed by atoms with van der Waals surface area (Å²) in [7, 11) is 0. The van der Waals surface area contributed by atoms with Crippen LogP contribution in [0.3, 0.4) is 0 Å². The summed E-state index contributed by atoms with van der Waals surface area (Å²) >= 11 is 0. The first-order valence-corrected chi connectivity index (χ1v) is 7.24. The molecule has 2 heterocycles. The summed E-state index contributed by atoms with van der Waals surface area (Å²) in [6.07, 6.45) is 5.56. The van der Waals surface area contributed by atoms with E-state index in [1.807, 2.05) is 6.07 Å². The van der Waals surface area contributed by atoms with E-state index in [1.165, 1.54) is 19.3 Å². The van der Waals surface area contributed by atoms with Crippen molar-refractivity contribution >= 4 is 36.5 Å². The maximum atomic E-state index is 11.8. The standard InChI is InChI=1S/C15H24N4O.2ClH/c1-15(2,16)14(20)18-11-12-6-7-17-13(10-12)19-8-4-3-5-9-19;;/h6-7,10H,3-5,8-9,11,16H2,1-2H3,(H,18,20);2*1H. The van der Waals surface area contributed by atoms with Crippen LogP contribution in [0.5, 0.6) is 0 Å². The molecule has 0 unspecified atom stereocenters. The SMILES string of the molecule is CC(C)(N)C(=O)NCc1ccnc(N2CCCCC2)c1.Cl.Cl. The maximum Gasteiger partial charge on any atom is 0.239 e. The predicted octanol–water partition coefficient (Wildman–Crippen LogP) is 2.27. The number of rotatable bonds is 4. The van der Waals surface area contributed by atoms with Crippen LogP contribution in [0, 0.1) is 0 Å². The first-order chi connectivity index (χ1) is 9.47. The number of nitrogens with zero attached hydrogens (tertiary/aromatic N) is 2. The summed E-state index contributed by atoms with van der Waals surface area (Å²) in [4.78, 5) is 18.5. The van der Waals surface area contributed by atoms with Crippen molar-refractivity contribution in [2.24, 2.45) is 5.73 Å². The minimum atomic E-state index is -0.845. The molecule has 0 bridgehead atoms. The molecule has 3 N–H and O–H groups in total. The molecule has 0 aliphatic carbocycles. The van der Waals surface area contributed by atoms with E-state index in [9.17, 15) is 4.79 Å². The zero-order valence-electron chi connectivity index (χ0n) is 13.2. The van der Waals surface area contributed by atoms with E-state index in [4.69, 9.17) is 5.73 Å². The number of anilines is 1. The summed E-state index contributed by atoms with van der Waals surface area (Å²) in [6, 6.07) is 3.98. The molecule has 7 heteroatoms. The Balaban J connectivity index is 0.00000220. The molecule has 0 atom stereocenters. The summed E-state index contributed by atoms with van der Waals surface area (Å²) in [5, 5.41) is 2.86. The highest BCUT2D eigenvalue weighted by Crippen LogP contribution is 2.18. The van der Waals surface area contributed by atoms with Gasteiger partial charge in [-0.1, -0.05) is 0 Å². The Hall–Kier alpha value is -1.04. The van der Waals surface area contributed by atoms with Crippen LogP contribution in [0.4, 0.5) is 5.82 Å². The molecular weight excluding hydrogens is 323 g/mol. The average Bonchev–Trinajstić information content (AvgIpc) is 2.45. The van der Waals surface area contributed by atoms with Crippen molar-refractivity contribution in [3.05, 3.63) is 23.9 Å². The van der Waals surface area contributed by atoms with Crippen LogP contribution in [0.15, 0.2) is 18.3 Å². The monoisotopic (exact) mass is 348 g/mol. The zero-order valence-corrected chi connectivity index (χ0v) is 14.8. The van der Waals surface area contributed by atoms with Crippen molar-refractivity contribution in [2.75, 3.05) is 18.0 Å². The number of carbonyl (C=O) groups is 1. The summed E-state index contributed by atoms with van der Waals surface area (Å²) < 4.78 is 0. The van der Waals surface area contributed by atoms with Gasteiger partial charge in [0.15, 0.2) is 0 Å². The Morgan fingerprint density at radius 3 is 2.55 bits per heavy atom. The Kier molecular flexibility index (Phi) is 8.74. The number of hydrogen-bond donors (Lipinski definition) is 2. The molecule has 1 aromatic heterocycles. The van der Waals surface area contributed by atoms with E-state index < -0.39 is 5.54 Å². The Morgan fingerprint density at radius 2 is 1.95 bits per heavy atom. The summed E-state index contributed by atoms with van der Waals surface area (Å²) in [5.74, 6) is 0.859. The molecular formula is C15H26Cl2N4O. The number of aromatic nitrogens is 1. The van der Waals surface area contributed by atoms with Crippen molar-refractivity contribution in [1.82, 2.24) is 10.3 Å². The van der Waals surface area contributed by atoms with E-state index in [2.05, 4.69) is 21.3 Å². The third-order valence-electron chi connectivity index (χ3n) is 3.53. The normalized spacial score (nSPS) is 14.6. The Labute approximate surface area is 144 Å². The average molecular weight is 349 g/mol. The molecule has 126 valence electrons. The van der Waals surface area contributed by atoms with Crippen LogP contribution < -0.4 is 16.0 Å². The van der Waals surface area contributed by atoms with Gasteiger partial charge >= 0.3 is 0 Å². The number of hydrogen-bond acceptors (Lipinski definition) is 4. The zero-order chi connectivity index (χ0) is 14.6. The molecule has 1 aromatic rings. The number of nitrogens with two attached hydrogens (primary N) is 1. The van der Waals surface area contributed by atoms with Crippen LogP contribution in [-0.2, 0) is 11.3 Å². The van der Waals surface area contributed by atoms with Gasteiger partial charge in [-0.25, -0.2) is 4.98 Å². The largest absolute Gasteiger partial charge is 0.357 e. The highest BCUT2D eigenvalue weighted by Gasteiger charge is 2.21. The maximum absolute atomic E-state index is 11.8. The quantitative estimate of drug-likeness (QED) is 0.875. The Bertz CT molecular complexity index is 471. The number of carbonyl (C=O) groups excluding carboxylic acids is 1. The van der Waals surface area contributed by atoms with Gasteiger partial charge < -0.3 is 16.0 Å². The number of pyridine rings is 1. The number of piperidine rings is 1. The highest BCUT2D eigenvalue weighted by molar-refractivity contribution is 5.86. The molecule has 1 saturated heterocycles. The second-order valence-electron chi connectivity index (χ2n) is 5.97. The molecule has 0 aromatic carbocycles. The van der Waals surface area contributed by atoms with Crippen LogP contribution in [0.1, 0.15) is 38.7 Å². The van der Waals surface area contributed by atoms with Gasteiger partial charge in [-0.3, -0.25) is 4.79 Å². The molecule has 22 heavy (non-hydrogen) atoms. The van der Waals surface area contributed by atoms with Gasteiger partial charge in [0.2, 0.25) is 5.91 Å². The van der Waals surface area contributed by atoms with E-state index >= 15 is 0 Å². The second kappa shape index (κ2) is 9.18. The van der Waals surface area contributed by atoms with Gasteiger partial charge in [0, 0.05) is 25.8 Å². The van der Waals surface area contributed by atoms with Gasteiger partial charge in [0.1, 0.15) is 5.82 Å². The van der Waals surface area contributed by atoms with E-state index in [0.29, 0.717) is 6.54 Å². The summed E-state index contributed by atoms with van der Waals surface area (Å²) in [6.45, 7) is 6.03. The predicted molar refractivity (Wildman–Crippen MR) is 94.9 cm³/mol. The molecule has 0 spiro atoms. The molecule has 5 nitrogen and oxygen atoms in total. The Morgan fingerprint density at radius 1 is 1.32 bits per heavy atom. The lowest BCUT2D eigenvalue weighted by atomic mass is 10.1. The molecule has 0 radical (unpaired) electrons. The van der Waals surface area contributed by atoms with Crippen LogP contribution in [-0.4, -0.2) is 29.5 Å². The van der Waals surface area contributed by atoms with Gasteiger partial charge in [-0.2, -0.15) is 0 Å². The summed E-state index contributed by atoms with van der Waals surface area (Å²) in [5.41, 5.74) is 5.97. The lowest BCUT2D eigenvalue weighted by molar-refractivity contribution is -0.125. The minimum Gasteiger partial charge on any atom is -0.357 e. The lowest BCUT2D eigenvalue weighted by Crippen LogP contribution is -2.48. The van der Waals surface area contributed by atoms with Gasteiger partial charge in [0.25, 0.3) is 0 Å². The van der Waals surface area contributed by atoms with Crippen molar-refractivity contribution in [3.8, 4) is 0 Å².